The minimum Gasteiger partial charge on any atom is -0.486 e. The van der Waals surface area contributed by atoms with Crippen LogP contribution in [0.2, 0.25) is 0 Å². The largest absolute Gasteiger partial charge is 0.486 e. The van der Waals surface area contributed by atoms with Gasteiger partial charge < -0.3 is 9.15 Å². The van der Waals surface area contributed by atoms with Gasteiger partial charge in [0.1, 0.15) is 23.0 Å². The van der Waals surface area contributed by atoms with E-state index in [4.69, 9.17) is 24.1 Å². The molecule has 0 spiro atoms. The summed E-state index contributed by atoms with van der Waals surface area (Å²) in [6.07, 6.45) is 24.6. The molecule has 0 saturated carbocycles. The number of furan rings is 1. The molecule has 298 valence electrons. The van der Waals surface area contributed by atoms with Crippen LogP contribution in [0.25, 0.3) is 83.7 Å². The molecule has 2 aliphatic carbocycles. The zero-order valence-electron chi connectivity index (χ0n) is 34.6. The first-order valence-corrected chi connectivity index (χ1v) is 21.3. The Labute approximate surface area is 361 Å². The number of hydrogen-bond acceptors (Lipinski definition) is 5. The van der Waals surface area contributed by atoms with Gasteiger partial charge in [-0.05, 0) is 71.5 Å². The molecule has 0 bridgehead atoms. The summed E-state index contributed by atoms with van der Waals surface area (Å²) in [6, 6.07) is 46.5. The zero-order valence-corrected chi connectivity index (χ0v) is 34.6. The molecule has 2 unspecified atom stereocenters. The van der Waals surface area contributed by atoms with E-state index in [-0.39, 0.29) is 17.4 Å². The smallest absolute Gasteiger partial charge is 0.164 e. The summed E-state index contributed by atoms with van der Waals surface area (Å²) in [5.41, 5.74) is 12.1. The molecule has 8 aromatic rings. The summed E-state index contributed by atoms with van der Waals surface area (Å²) in [5.74, 6) is 2.98. The Bertz CT molecular complexity index is 3240. The number of rotatable bonds is 6. The molecule has 0 amide bonds. The molecule has 3 atom stereocenters. The Morgan fingerprint density at radius 1 is 0.581 bits per heavy atom. The maximum absolute atomic E-state index is 6.82. The van der Waals surface area contributed by atoms with Gasteiger partial charge >= 0.3 is 0 Å². The Morgan fingerprint density at radius 2 is 1.26 bits per heavy atom. The minimum absolute atomic E-state index is 0.0437. The first-order valence-electron chi connectivity index (χ1n) is 21.3. The lowest BCUT2D eigenvalue weighted by Gasteiger charge is -2.33. The summed E-state index contributed by atoms with van der Waals surface area (Å²) in [4.78, 5) is 15.6. The van der Waals surface area contributed by atoms with Crippen molar-refractivity contribution in [3.8, 4) is 61.9 Å². The van der Waals surface area contributed by atoms with Crippen LogP contribution in [0.3, 0.4) is 0 Å². The molecule has 1 aliphatic heterocycles. The number of aromatic nitrogens is 3. The Hall–Kier alpha value is -7.63. The monoisotopic (exact) mass is 801 g/mol. The lowest BCUT2D eigenvalue weighted by molar-refractivity contribution is 0.268. The van der Waals surface area contributed by atoms with Crippen molar-refractivity contribution in [3.63, 3.8) is 0 Å². The van der Waals surface area contributed by atoms with E-state index in [2.05, 4.69) is 208 Å². The molecule has 0 fully saturated rings. The fourth-order valence-corrected chi connectivity index (χ4v) is 9.06. The van der Waals surface area contributed by atoms with Gasteiger partial charge in [-0.15, -0.1) is 0 Å². The molecule has 5 nitrogen and oxygen atoms in total. The highest BCUT2D eigenvalue weighted by Crippen LogP contribution is 2.44. The van der Waals surface area contributed by atoms with E-state index < -0.39 is 0 Å². The molecule has 0 N–H and O–H groups in total. The molecule has 62 heavy (non-hydrogen) atoms. The van der Waals surface area contributed by atoms with Crippen molar-refractivity contribution in [2.45, 2.75) is 26.4 Å². The number of para-hydroxylation sites is 1. The molecular formula is C57H43N3O2. The van der Waals surface area contributed by atoms with Gasteiger partial charge in [-0.25, -0.2) is 15.0 Å². The van der Waals surface area contributed by atoms with E-state index in [1.165, 1.54) is 0 Å². The summed E-state index contributed by atoms with van der Waals surface area (Å²) >= 11 is 0. The van der Waals surface area contributed by atoms with Crippen LogP contribution >= 0.6 is 0 Å². The average Bonchev–Trinajstić information content (AvgIpc) is 3.74. The van der Waals surface area contributed by atoms with Crippen LogP contribution in [0.5, 0.6) is 5.75 Å². The molecular weight excluding hydrogens is 759 g/mol. The molecule has 2 aromatic heterocycles. The van der Waals surface area contributed by atoms with Gasteiger partial charge in [-0.1, -0.05) is 177 Å². The van der Waals surface area contributed by atoms with Gasteiger partial charge in [0.05, 0.1) is 0 Å². The summed E-state index contributed by atoms with van der Waals surface area (Å²) in [5, 5.41) is 2.12. The lowest BCUT2D eigenvalue weighted by Crippen LogP contribution is -2.24. The molecule has 0 radical (unpaired) electrons. The maximum Gasteiger partial charge on any atom is 0.164 e. The van der Waals surface area contributed by atoms with Crippen molar-refractivity contribution in [1.82, 2.24) is 15.0 Å². The van der Waals surface area contributed by atoms with Gasteiger partial charge in [0.2, 0.25) is 0 Å². The van der Waals surface area contributed by atoms with E-state index in [1.54, 1.807) is 0 Å². The third kappa shape index (κ3) is 6.82. The highest BCUT2D eigenvalue weighted by atomic mass is 16.5. The van der Waals surface area contributed by atoms with Gasteiger partial charge in [0, 0.05) is 49.9 Å². The fraction of sp³-hybridized carbons (Fsp3) is 0.105. The Kier molecular flexibility index (Phi) is 9.31. The molecule has 11 rings (SSSR count). The summed E-state index contributed by atoms with van der Waals surface area (Å²) in [7, 11) is 0. The lowest BCUT2D eigenvalue weighted by atomic mass is 9.71. The number of benzene rings is 6. The predicted molar refractivity (Wildman–Crippen MR) is 253 cm³/mol. The van der Waals surface area contributed by atoms with Gasteiger partial charge in [0.15, 0.2) is 17.5 Å². The van der Waals surface area contributed by atoms with Gasteiger partial charge in [-0.2, -0.15) is 0 Å². The second-order valence-electron chi connectivity index (χ2n) is 16.5. The molecule has 3 heterocycles. The normalized spacial score (nSPS) is 20.1. The number of hydrogen-bond donors (Lipinski definition) is 0. The van der Waals surface area contributed by atoms with Crippen molar-refractivity contribution in [3.05, 3.63) is 212 Å². The first kappa shape index (κ1) is 37.4. The van der Waals surface area contributed by atoms with Crippen LogP contribution in [0.15, 0.2) is 205 Å². The third-order valence-electron chi connectivity index (χ3n) is 12.3. The van der Waals surface area contributed by atoms with Gasteiger partial charge in [-0.3, -0.25) is 0 Å². The van der Waals surface area contributed by atoms with E-state index >= 15 is 0 Å². The molecule has 0 saturated heterocycles. The fourth-order valence-electron chi connectivity index (χ4n) is 9.06. The van der Waals surface area contributed by atoms with Crippen LogP contribution in [0.4, 0.5) is 0 Å². The Morgan fingerprint density at radius 3 is 2.11 bits per heavy atom. The first-order chi connectivity index (χ1) is 30.5. The molecule has 3 aliphatic rings. The maximum atomic E-state index is 6.82. The van der Waals surface area contributed by atoms with E-state index in [0.717, 1.165) is 89.8 Å². The minimum atomic E-state index is -0.0881. The average molecular weight is 802 g/mol. The standard InChI is InChI=1S/C57H43N3O2/c1-37-16-5-3-8-24-47-46(26-15-29-50(47)61-37)48-27-13-28-49-52-45(25-14-30-51(52)62-53(48)49)40-20-12-22-42(35-40)55-58-54(41-21-11-19-39(34-41)38-17-6-4-7-18-38)59-56(60-55)43-31-33-57(2)32-10-9-23-44(57)36-43/h3-23,25-37,44H,24H2,1-2H3/b8-3-,16-5-/t37-,44?,57?/m1/s1. The summed E-state index contributed by atoms with van der Waals surface area (Å²) < 4.78 is 13.2. The number of allylic oxidation sites excluding steroid dienone is 11. The van der Waals surface area contributed by atoms with Crippen molar-refractivity contribution >= 4 is 27.5 Å². The van der Waals surface area contributed by atoms with Crippen molar-refractivity contribution in [2.75, 3.05) is 0 Å². The van der Waals surface area contributed by atoms with Gasteiger partial charge in [0.25, 0.3) is 0 Å². The Balaban J connectivity index is 1.03. The quantitative estimate of drug-likeness (QED) is 0.168. The van der Waals surface area contributed by atoms with Crippen molar-refractivity contribution in [1.29, 1.82) is 0 Å². The predicted octanol–water partition coefficient (Wildman–Crippen LogP) is 14.2. The number of nitrogens with zero attached hydrogens (tertiary/aromatic N) is 3. The highest BCUT2D eigenvalue weighted by molar-refractivity contribution is 6.15. The highest BCUT2D eigenvalue weighted by Gasteiger charge is 2.31. The van der Waals surface area contributed by atoms with Crippen LogP contribution < -0.4 is 4.74 Å². The van der Waals surface area contributed by atoms with E-state index in [1.807, 2.05) is 6.07 Å². The van der Waals surface area contributed by atoms with Crippen molar-refractivity contribution < 1.29 is 9.15 Å². The van der Waals surface area contributed by atoms with E-state index in [9.17, 15) is 0 Å². The summed E-state index contributed by atoms with van der Waals surface area (Å²) in [6.45, 7) is 4.33. The zero-order chi connectivity index (χ0) is 41.6. The molecule has 5 heteroatoms. The second kappa shape index (κ2) is 15.4. The van der Waals surface area contributed by atoms with Crippen LogP contribution in [0, 0.1) is 11.3 Å². The number of fused-ring (bicyclic) bond motifs is 5. The topological polar surface area (TPSA) is 61.0 Å². The van der Waals surface area contributed by atoms with Crippen LogP contribution in [-0.4, -0.2) is 21.1 Å². The van der Waals surface area contributed by atoms with Crippen LogP contribution in [-0.2, 0) is 6.42 Å². The van der Waals surface area contributed by atoms with E-state index in [0.29, 0.717) is 17.5 Å². The van der Waals surface area contributed by atoms with Crippen molar-refractivity contribution in [2.24, 2.45) is 11.3 Å². The SMILES string of the molecule is C[C@@H]1/C=C\C=C/Cc2c(cccc2-c2cccc3c2oc2cccc(-c4cccc(-c5nc(C6=CC7C=CC=CC7(C)C=C6)nc(-c6cccc(-c7ccccc7)c6)n5)c4)c23)O1. The molecule has 6 aromatic carbocycles. The number of ether oxygens (including phenoxy) is 1. The van der Waals surface area contributed by atoms with Crippen LogP contribution in [0.1, 0.15) is 25.2 Å². The second-order valence-corrected chi connectivity index (χ2v) is 16.5. The third-order valence-corrected chi connectivity index (χ3v) is 12.3.